The molecule has 2 rings (SSSR count). The van der Waals surface area contributed by atoms with E-state index in [9.17, 15) is 4.79 Å². The van der Waals surface area contributed by atoms with Crippen LogP contribution in [0.25, 0.3) is 11.4 Å². The molecule has 4 heteroatoms. The average Bonchev–Trinajstić information content (AvgIpc) is 2.23. The molecule has 3 nitrogen and oxygen atoms in total. The highest BCUT2D eigenvalue weighted by molar-refractivity contribution is 14.1. The lowest BCUT2D eigenvalue weighted by atomic mass is 10.1. The summed E-state index contributed by atoms with van der Waals surface area (Å²) in [6, 6.07) is 7.88. The molecule has 15 heavy (non-hydrogen) atoms. The van der Waals surface area contributed by atoms with Gasteiger partial charge in [-0.1, -0.05) is 29.8 Å². The Labute approximate surface area is 101 Å². The molecule has 0 spiro atoms. The van der Waals surface area contributed by atoms with Gasteiger partial charge in [-0.25, -0.2) is 4.98 Å². The third kappa shape index (κ3) is 2.26. The van der Waals surface area contributed by atoms with Crippen molar-refractivity contribution in [1.82, 2.24) is 9.97 Å². The minimum absolute atomic E-state index is 0.0961. The largest absolute Gasteiger partial charge is 0.306 e. The quantitative estimate of drug-likeness (QED) is 0.822. The van der Waals surface area contributed by atoms with Crippen LogP contribution in [-0.4, -0.2) is 9.97 Å². The molecular weight excluding hydrogens is 303 g/mol. The topological polar surface area (TPSA) is 45.8 Å². The minimum Gasteiger partial charge on any atom is -0.306 e. The first-order valence-corrected chi connectivity index (χ1v) is 5.56. The Morgan fingerprint density at radius 2 is 1.93 bits per heavy atom. The van der Waals surface area contributed by atoms with E-state index in [2.05, 4.69) is 9.97 Å². The van der Waals surface area contributed by atoms with Crippen LogP contribution in [0.2, 0.25) is 0 Å². The second kappa shape index (κ2) is 4.14. The Hall–Kier alpha value is -1.17. The first kappa shape index (κ1) is 10.4. The van der Waals surface area contributed by atoms with Crippen LogP contribution in [0, 0.1) is 10.5 Å². The van der Waals surface area contributed by atoms with Gasteiger partial charge in [0.1, 0.15) is 5.82 Å². The Bertz CT molecular complexity index is 531. The molecule has 0 saturated carbocycles. The van der Waals surface area contributed by atoms with Gasteiger partial charge in [-0.05, 0) is 29.5 Å². The van der Waals surface area contributed by atoms with Crippen molar-refractivity contribution in [2.45, 2.75) is 6.92 Å². The van der Waals surface area contributed by atoms with Crippen molar-refractivity contribution in [3.8, 4) is 11.4 Å². The van der Waals surface area contributed by atoms with E-state index < -0.39 is 0 Å². The van der Waals surface area contributed by atoms with Gasteiger partial charge < -0.3 is 4.98 Å². The van der Waals surface area contributed by atoms with E-state index in [0.717, 1.165) is 5.56 Å². The fourth-order valence-electron chi connectivity index (χ4n) is 1.24. The zero-order valence-corrected chi connectivity index (χ0v) is 10.3. The fraction of sp³-hybridized carbons (Fsp3) is 0.0909. The van der Waals surface area contributed by atoms with E-state index in [-0.39, 0.29) is 5.56 Å². The molecule has 0 aliphatic heterocycles. The number of hydrogen-bond acceptors (Lipinski definition) is 2. The van der Waals surface area contributed by atoms with E-state index in [1.165, 1.54) is 5.56 Å². The lowest BCUT2D eigenvalue weighted by Gasteiger charge is -2.00. The minimum atomic E-state index is -0.0961. The second-order valence-corrected chi connectivity index (χ2v) is 4.44. The molecule has 2 aromatic rings. The third-order valence-corrected chi connectivity index (χ3v) is 2.85. The molecule has 1 N–H and O–H groups in total. The van der Waals surface area contributed by atoms with Gasteiger partial charge in [-0.15, -0.1) is 0 Å². The maximum Gasteiger partial charge on any atom is 0.264 e. The van der Waals surface area contributed by atoms with Crippen LogP contribution in [0.5, 0.6) is 0 Å². The molecule has 0 radical (unpaired) electrons. The Morgan fingerprint density at radius 1 is 1.27 bits per heavy atom. The number of H-pyrrole nitrogens is 1. The predicted octanol–water partition coefficient (Wildman–Crippen LogP) is 2.35. The highest BCUT2D eigenvalue weighted by Crippen LogP contribution is 2.13. The van der Waals surface area contributed by atoms with Crippen LogP contribution >= 0.6 is 22.6 Å². The molecule has 1 aromatic heterocycles. The lowest BCUT2D eigenvalue weighted by Crippen LogP contribution is -2.11. The summed E-state index contributed by atoms with van der Waals surface area (Å²) < 4.78 is 0.600. The SMILES string of the molecule is Cc1ccc(-c2ncc(I)c(=O)[nH]2)cc1. The molecule has 0 aliphatic carbocycles. The smallest absolute Gasteiger partial charge is 0.264 e. The monoisotopic (exact) mass is 312 g/mol. The van der Waals surface area contributed by atoms with Crippen molar-refractivity contribution in [2.24, 2.45) is 0 Å². The number of benzene rings is 1. The van der Waals surface area contributed by atoms with Gasteiger partial charge in [-0.3, -0.25) is 4.79 Å². The molecule has 1 heterocycles. The third-order valence-electron chi connectivity index (χ3n) is 2.08. The normalized spacial score (nSPS) is 10.3. The number of nitrogens with one attached hydrogen (secondary N) is 1. The van der Waals surface area contributed by atoms with Gasteiger partial charge in [0.15, 0.2) is 0 Å². The number of aromatic nitrogens is 2. The number of halogens is 1. The summed E-state index contributed by atoms with van der Waals surface area (Å²) in [4.78, 5) is 18.3. The summed E-state index contributed by atoms with van der Waals surface area (Å²) in [6.07, 6.45) is 1.58. The predicted molar refractivity (Wildman–Crippen MR) is 67.7 cm³/mol. The van der Waals surface area contributed by atoms with Gasteiger partial charge >= 0.3 is 0 Å². The maximum absolute atomic E-state index is 11.4. The fourth-order valence-corrected chi connectivity index (χ4v) is 1.51. The number of nitrogens with zero attached hydrogens (tertiary/aromatic N) is 1. The van der Waals surface area contributed by atoms with E-state index in [1.807, 2.05) is 53.8 Å². The summed E-state index contributed by atoms with van der Waals surface area (Å²) in [5, 5.41) is 0. The summed E-state index contributed by atoms with van der Waals surface area (Å²) in [5.41, 5.74) is 2.02. The molecule has 0 saturated heterocycles. The van der Waals surface area contributed by atoms with Crippen molar-refractivity contribution in [3.63, 3.8) is 0 Å². The van der Waals surface area contributed by atoms with Gasteiger partial charge in [0, 0.05) is 11.8 Å². The molecule has 0 atom stereocenters. The number of aromatic amines is 1. The van der Waals surface area contributed by atoms with Gasteiger partial charge in [-0.2, -0.15) is 0 Å². The molecule has 0 aliphatic rings. The Balaban J connectivity index is 2.50. The number of hydrogen-bond donors (Lipinski definition) is 1. The summed E-state index contributed by atoms with van der Waals surface area (Å²) in [5.74, 6) is 0.611. The van der Waals surface area contributed by atoms with E-state index >= 15 is 0 Å². The van der Waals surface area contributed by atoms with Crippen LogP contribution in [0.15, 0.2) is 35.3 Å². The second-order valence-electron chi connectivity index (χ2n) is 3.27. The summed E-state index contributed by atoms with van der Waals surface area (Å²) in [7, 11) is 0. The summed E-state index contributed by atoms with van der Waals surface area (Å²) >= 11 is 1.96. The van der Waals surface area contributed by atoms with Crippen molar-refractivity contribution in [2.75, 3.05) is 0 Å². The Kier molecular flexibility index (Phi) is 2.86. The lowest BCUT2D eigenvalue weighted by molar-refractivity contribution is 1.11. The van der Waals surface area contributed by atoms with Crippen molar-refractivity contribution >= 4 is 22.6 Å². The maximum atomic E-state index is 11.4. The molecule has 0 fully saturated rings. The zero-order valence-electron chi connectivity index (χ0n) is 8.12. The van der Waals surface area contributed by atoms with Crippen molar-refractivity contribution < 1.29 is 0 Å². The van der Waals surface area contributed by atoms with E-state index in [1.54, 1.807) is 6.20 Å². The van der Waals surface area contributed by atoms with Gasteiger partial charge in [0.05, 0.1) is 3.57 Å². The zero-order chi connectivity index (χ0) is 10.8. The molecule has 1 aromatic carbocycles. The first-order valence-electron chi connectivity index (χ1n) is 4.48. The molecule has 0 unspecified atom stereocenters. The van der Waals surface area contributed by atoms with Crippen LogP contribution in [0.1, 0.15) is 5.56 Å². The highest BCUT2D eigenvalue weighted by Gasteiger charge is 2.01. The summed E-state index contributed by atoms with van der Waals surface area (Å²) in [6.45, 7) is 2.02. The molecular formula is C11H9IN2O. The number of rotatable bonds is 1. The van der Waals surface area contributed by atoms with Crippen LogP contribution in [0.3, 0.4) is 0 Å². The van der Waals surface area contributed by atoms with Gasteiger partial charge in [0.2, 0.25) is 0 Å². The van der Waals surface area contributed by atoms with Crippen LogP contribution in [0.4, 0.5) is 0 Å². The van der Waals surface area contributed by atoms with Crippen molar-refractivity contribution in [1.29, 1.82) is 0 Å². The average molecular weight is 312 g/mol. The van der Waals surface area contributed by atoms with E-state index in [0.29, 0.717) is 9.39 Å². The highest BCUT2D eigenvalue weighted by atomic mass is 127. The Morgan fingerprint density at radius 3 is 2.53 bits per heavy atom. The standard InChI is InChI=1S/C11H9IN2O/c1-7-2-4-8(5-3-7)10-13-6-9(12)11(15)14-10/h2-6H,1H3,(H,13,14,15). The van der Waals surface area contributed by atoms with Gasteiger partial charge in [0.25, 0.3) is 5.56 Å². The molecule has 0 bridgehead atoms. The van der Waals surface area contributed by atoms with E-state index in [4.69, 9.17) is 0 Å². The molecule has 76 valence electrons. The van der Waals surface area contributed by atoms with Crippen LogP contribution in [-0.2, 0) is 0 Å². The molecule has 0 amide bonds. The van der Waals surface area contributed by atoms with Crippen molar-refractivity contribution in [3.05, 3.63) is 49.9 Å². The number of aryl methyl sites for hydroxylation is 1. The van der Waals surface area contributed by atoms with Crippen LogP contribution < -0.4 is 5.56 Å². The first-order chi connectivity index (χ1) is 7.16.